The second-order valence-corrected chi connectivity index (χ2v) is 5.63. The summed E-state index contributed by atoms with van der Waals surface area (Å²) in [6.45, 7) is 0.888. The summed E-state index contributed by atoms with van der Waals surface area (Å²) in [4.78, 5) is 11.3. The van der Waals surface area contributed by atoms with E-state index in [0.29, 0.717) is 0 Å². The van der Waals surface area contributed by atoms with E-state index in [4.69, 9.17) is 17.5 Å². The van der Waals surface area contributed by atoms with Crippen LogP contribution in [0.2, 0.25) is 0 Å². The van der Waals surface area contributed by atoms with E-state index in [2.05, 4.69) is 5.32 Å². The van der Waals surface area contributed by atoms with Gasteiger partial charge in [-0.25, -0.2) is 0 Å². The molecule has 0 aromatic rings. The van der Waals surface area contributed by atoms with E-state index in [1.54, 1.807) is 0 Å². The van der Waals surface area contributed by atoms with Gasteiger partial charge in [-0.3, -0.25) is 13.9 Å². The number of carbonyl (C=O) groups excluding carboxylic acids is 1. The highest BCUT2D eigenvalue weighted by atomic mass is 32.3. The smallest absolute Gasteiger partial charge is 0.356 e. The van der Waals surface area contributed by atoms with Gasteiger partial charge in [0, 0.05) is 13.0 Å². The number of rotatable bonds is 0. The van der Waals surface area contributed by atoms with Gasteiger partial charge in [-0.1, -0.05) is 44.9 Å². The van der Waals surface area contributed by atoms with Crippen molar-refractivity contribution < 1.29 is 22.3 Å². The van der Waals surface area contributed by atoms with Crippen LogP contribution < -0.4 is 5.32 Å². The summed E-state index contributed by atoms with van der Waals surface area (Å²) < 4.78 is 31.6. The third kappa shape index (κ3) is 19.8. The highest BCUT2D eigenvalue weighted by Gasteiger charge is 2.01. The highest BCUT2D eigenvalue weighted by molar-refractivity contribution is 7.79. The first-order valence-electron chi connectivity index (χ1n) is 6.86. The quantitative estimate of drug-likeness (QED) is 0.595. The Morgan fingerprint density at radius 3 is 1.63 bits per heavy atom. The number of carbonyl (C=O) groups is 1. The van der Waals surface area contributed by atoms with Crippen LogP contribution in [-0.2, 0) is 15.2 Å². The fourth-order valence-electron chi connectivity index (χ4n) is 1.96. The van der Waals surface area contributed by atoms with Crippen LogP contribution in [0.1, 0.15) is 64.2 Å². The molecule has 1 rings (SSSR count). The van der Waals surface area contributed by atoms with Crippen molar-refractivity contribution in [2.75, 3.05) is 6.54 Å². The summed E-state index contributed by atoms with van der Waals surface area (Å²) in [5.41, 5.74) is 0. The largest absolute Gasteiger partial charge is 0.394 e. The first kappa shape index (κ1) is 18.3. The lowest BCUT2D eigenvalue weighted by atomic mass is 10.1. The number of nitrogens with one attached hydrogen (secondary N) is 1. The minimum Gasteiger partial charge on any atom is -0.356 e. The molecule has 0 bridgehead atoms. The number of hydrogen-bond donors (Lipinski definition) is 3. The molecule has 114 valence electrons. The van der Waals surface area contributed by atoms with Crippen molar-refractivity contribution in [3.05, 3.63) is 0 Å². The van der Waals surface area contributed by atoms with Gasteiger partial charge in [-0.2, -0.15) is 8.42 Å². The predicted octanol–water partition coefficient (Wildman–Crippen LogP) is 2.36. The van der Waals surface area contributed by atoms with Crippen LogP contribution in [0.4, 0.5) is 0 Å². The fraction of sp³-hybridized carbons (Fsp3) is 0.917. The van der Waals surface area contributed by atoms with Crippen molar-refractivity contribution in [1.29, 1.82) is 0 Å². The second kappa shape index (κ2) is 11.2. The molecule has 1 heterocycles. The molecule has 7 heteroatoms. The van der Waals surface area contributed by atoms with Crippen molar-refractivity contribution >= 4 is 16.3 Å². The molecule has 0 aromatic heterocycles. The Morgan fingerprint density at radius 2 is 1.16 bits per heavy atom. The summed E-state index contributed by atoms with van der Waals surface area (Å²) in [6.07, 6.45) is 12.3. The Labute approximate surface area is 115 Å². The molecule has 0 spiro atoms. The van der Waals surface area contributed by atoms with E-state index >= 15 is 0 Å². The maximum absolute atomic E-state index is 11.3. The average molecular weight is 295 g/mol. The maximum atomic E-state index is 11.3. The molecular weight excluding hydrogens is 270 g/mol. The van der Waals surface area contributed by atoms with Crippen molar-refractivity contribution in [3.8, 4) is 0 Å². The second-order valence-electron chi connectivity index (χ2n) is 4.73. The topological polar surface area (TPSA) is 104 Å². The highest BCUT2D eigenvalue weighted by Crippen LogP contribution is 2.11. The Hall–Kier alpha value is -0.660. The van der Waals surface area contributed by atoms with E-state index in [0.717, 1.165) is 25.8 Å². The zero-order valence-electron chi connectivity index (χ0n) is 11.3. The van der Waals surface area contributed by atoms with Crippen LogP contribution in [0, 0.1) is 0 Å². The molecule has 1 amide bonds. The molecule has 1 fully saturated rings. The monoisotopic (exact) mass is 295 g/mol. The molecular formula is C12H25NO5S. The van der Waals surface area contributed by atoms with Crippen LogP contribution >= 0.6 is 0 Å². The molecule has 0 radical (unpaired) electrons. The third-order valence-electron chi connectivity index (χ3n) is 2.90. The van der Waals surface area contributed by atoms with Gasteiger partial charge in [-0.15, -0.1) is 0 Å². The summed E-state index contributed by atoms with van der Waals surface area (Å²) in [7, 11) is -4.67. The zero-order chi connectivity index (χ0) is 14.6. The molecule has 1 aliphatic heterocycles. The lowest BCUT2D eigenvalue weighted by molar-refractivity contribution is -0.121. The van der Waals surface area contributed by atoms with Gasteiger partial charge in [0.25, 0.3) is 0 Å². The van der Waals surface area contributed by atoms with Gasteiger partial charge in [0.2, 0.25) is 5.91 Å². The molecule has 0 saturated carbocycles. The van der Waals surface area contributed by atoms with Crippen molar-refractivity contribution in [2.24, 2.45) is 0 Å². The predicted molar refractivity (Wildman–Crippen MR) is 73.4 cm³/mol. The lowest BCUT2D eigenvalue weighted by Crippen LogP contribution is -2.23. The SMILES string of the molecule is O=C1CCCCCCCCCCCN1.O=S(=O)(O)O. The zero-order valence-corrected chi connectivity index (χ0v) is 12.1. The van der Waals surface area contributed by atoms with E-state index in [-0.39, 0.29) is 5.91 Å². The Bertz CT molecular complexity index is 305. The molecule has 3 N–H and O–H groups in total. The minimum atomic E-state index is -4.67. The van der Waals surface area contributed by atoms with Gasteiger partial charge in [0.05, 0.1) is 0 Å². The van der Waals surface area contributed by atoms with E-state index in [1.165, 1.54) is 44.9 Å². The van der Waals surface area contributed by atoms with Crippen LogP contribution in [0.25, 0.3) is 0 Å². The lowest BCUT2D eigenvalue weighted by Gasteiger charge is -2.03. The Morgan fingerprint density at radius 1 is 0.789 bits per heavy atom. The molecule has 0 atom stereocenters. The third-order valence-corrected chi connectivity index (χ3v) is 2.90. The summed E-state index contributed by atoms with van der Waals surface area (Å²) >= 11 is 0. The molecule has 6 nitrogen and oxygen atoms in total. The molecule has 0 aromatic carbocycles. The maximum Gasteiger partial charge on any atom is 0.394 e. The van der Waals surface area contributed by atoms with Crippen LogP contribution in [0.15, 0.2) is 0 Å². The first-order chi connectivity index (χ1) is 8.89. The fourth-order valence-corrected chi connectivity index (χ4v) is 1.96. The normalized spacial score (nSPS) is 19.8. The summed E-state index contributed by atoms with van der Waals surface area (Å²) in [5, 5.41) is 2.98. The standard InChI is InChI=1S/C12H23NO.H2O4S/c14-12-10-8-6-4-2-1-3-5-7-9-11-13-12;1-5(2,3)4/h1-11H2,(H,13,14);(H2,1,2,3,4). The van der Waals surface area contributed by atoms with Gasteiger partial charge >= 0.3 is 10.4 Å². The van der Waals surface area contributed by atoms with Crippen molar-refractivity contribution in [3.63, 3.8) is 0 Å². The van der Waals surface area contributed by atoms with Gasteiger partial charge < -0.3 is 5.32 Å². The summed E-state index contributed by atoms with van der Waals surface area (Å²) in [5.74, 6) is 0.254. The molecule has 0 aliphatic carbocycles. The van der Waals surface area contributed by atoms with Crippen LogP contribution in [0.3, 0.4) is 0 Å². The molecule has 0 unspecified atom stereocenters. The van der Waals surface area contributed by atoms with E-state index in [1.807, 2.05) is 0 Å². The number of hydrogen-bond acceptors (Lipinski definition) is 3. The van der Waals surface area contributed by atoms with E-state index < -0.39 is 10.4 Å². The molecule has 1 aliphatic rings. The van der Waals surface area contributed by atoms with Crippen molar-refractivity contribution in [1.82, 2.24) is 5.32 Å². The van der Waals surface area contributed by atoms with E-state index in [9.17, 15) is 4.79 Å². The average Bonchev–Trinajstić information content (AvgIpc) is 2.29. The number of amides is 1. The van der Waals surface area contributed by atoms with Gasteiger partial charge in [0.1, 0.15) is 0 Å². The Balaban J connectivity index is 0.000000555. The van der Waals surface area contributed by atoms with Crippen LogP contribution in [0.5, 0.6) is 0 Å². The van der Waals surface area contributed by atoms with Crippen molar-refractivity contribution in [2.45, 2.75) is 64.2 Å². The Kier molecular flexibility index (Phi) is 10.8. The van der Waals surface area contributed by atoms with Gasteiger partial charge in [0.15, 0.2) is 0 Å². The summed E-state index contributed by atoms with van der Waals surface area (Å²) in [6, 6.07) is 0. The van der Waals surface area contributed by atoms with Gasteiger partial charge in [-0.05, 0) is 12.8 Å². The first-order valence-corrected chi connectivity index (χ1v) is 8.26. The molecule has 19 heavy (non-hydrogen) atoms. The minimum absolute atomic E-state index is 0.254. The van der Waals surface area contributed by atoms with Crippen LogP contribution in [-0.4, -0.2) is 30.0 Å². The molecule has 1 saturated heterocycles.